The molecule has 114 valence electrons. The van der Waals surface area contributed by atoms with Gasteiger partial charge in [-0.15, -0.1) is 0 Å². The van der Waals surface area contributed by atoms with E-state index in [1.165, 1.54) is 0 Å². The molecule has 1 aliphatic rings. The third-order valence-corrected chi connectivity index (χ3v) is 4.33. The Morgan fingerprint density at radius 2 is 2.05 bits per heavy atom. The van der Waals surface area contributed by atoms with Gasteiger partial charge in [-0.1, -0.05) is 31.5 Å². The largest absolute Gasteiger partial charge is 0.481 e. The molecular weight excluding hydrogens is 290 g/mol. The van der Waals surface area contributed by atoms with Gasteiger partial charge in [0, 0.05) is 16.6 Å². The Kier molecular flexibility index (Phi) is 4.88. The average molecular weight is 310 g/mol. The van der Waals surface area contributed by atoms with Crippen LogP contribution in [0.3, 0.4) is 0 Å². The monoisotopic (exact) mass is 309 g/mol. The molecule has 1 saturated carbocycles. The fourth-order valence-electron chi connectivity index (χ4n) is 2.74. The molecule has 0 saturated heterocycles. The van der Waals surface area contributed by atoms with Gasteiger partial charge in [0.15, 0.2) is 0 Å². The van der Waals surface area contributed by atoms with Gasteiger partial charge < -0.3 is 10.4 Å². The van der Waals surface area contributed by atoms with Gasteiger partial charge in [-0.25, -0.2) is 0 Å². The second kappa shape index (κ2) is 6.48. The number of carboxylic acids is 1. The molecule has 1 aromatic carbocycles. The van der Waals surface area contributed by atoms with E-state index in [0.29, 0.717) is 35.8 Å². The highest BCUT2D eigenvalue weighted by molar-refractivity contribution is 6.31. The molecule has 0 aliphatic heterocycles. The van der Waals surface area contributed by atoms with Crippen molar-refractivity contribution in [1.82, 2.24) is 5.32 Å². The van der Waals surface area contributed by atoms with Gasteiger partial charge in [0.1, 0.15) is 0 Å². The average Bonchev–Trinajstić information content (AvgIpc) is 2.86. The summed E-state index contributed by atoms with van der Waals surface area (Å²) in [6, 6.07) is 5.24. The summed E-state index contributed by atoms with van der Waals surface area (Å²) in [5, 5.41) is 12.5. The van der Waals surface area contributed by atoms with E-state index < -0.39 is 5.97 Å². The van der Waals surface area contributed by atoms with Gasteiger partial charge in [0.05, 0.1) is 5.92 Å². The summed E-state index contributed by atoms with van der Waals surface area (Å²) in [4.78, 5) is 23.1. The summed E-state index contributed by atoms with van der Waals surface area (Å²) >= 11 is 6.19. The molecule has 0 radical (unpaired) electrons. The Balaban J connectivity index is 2.01. The number of rotatable bonds is 4. The van der Waals surface area contributed by atoms with Crippen LogP contribution in [-0.2, 0) is 4.79 Å². The van der Waals surface area contributed by atoms with Crippen LogP contribution in [0.15, 0.2) is 18.2 Å². The van der Waals surface area contributed by atoms with E-state index in [9.17, 15) is 9.59 Å². The lowest BCUT2D eigenvalue weighted by molar-refractivity contribution is -0.141. The first-order valence-corrected chi connectivity index (χ1v) is 7.59. The van der Waals surface area contributed by atoms with Crippen LogP contribution in [0, 0.1) is 5.92 Å². The van der Waals surface area contributed by atoms with Gasteiger partial charge in [0.2, 0.25) is 0 Å². The van der Waals surface area contributed by atoms with Crippen molar-refractivity contribution in [3.05, 3.63) is 34.3 Å². The summed E-state index contributed by atoms with van der Waals surface area (Å²) in [7, 11) is 0. The molecule has 1 aromatic rings. The van der Waals surface area contributed by atoms with E-state index in [2.05, 4.69) is 5.32 Å². The van der Waals surface area contributed by atoms with Gasteiger partial charge in [-0.05, 0) is 42.9 Å². The van der Waals surface area contributed by atoms with E-state index >= 15 is 0 Å². The second-order valence-corrected chi connectivity index (χ2v) is 6.32. The zero-order valence-corrected chi connectivity index (χ0v) is 13.0. The summed E-state index contributed by atoms with van der Waals surface area (Å²) in [5.41, 5.74) is 1.53. The molecule has 2 atom stereocenters. The topological polar surface area (TPSA) is 66.4 Å². The van der Waals surface area contributed by atoms with E-state index in [0.717, 1.165) is 5.56 Å². The van der Waals surface area contributed by atoms with Crippen molar-refractivity contribution in [2.45, 2.75) is 45.1 Å². The number of carboxylic acid groups (broad SMARTS) is 1. The van der Waals surface area contributed by atoms with Crippen molar-refractivity contribution in [1.29, 1.82) is 0 Å². The van der Waals surface area contributed by atoms with E-state index in [4.69, 9.17) is 16.7 Å². The molecule has 1 aliphatic carbocycles. The zero-order chi connectivity index (χ0) is 15.6. The van der Waals surface area contributed by atoms with Crippen molar-refractivity contribution < 1.29 is 14.7 Å². The smallest absolute Gasteiger partial charge is 0.306 e. The number of carbonyl (C=O) groups excluding carboxylic acids is 1. The quantitative estimate of drug-likeness (QED) is 0.895. The Morgan fingerprint density at radius 1 is 1.33 bits per heavy atom. The first-order chi connectivity index (χ1) is 9.88. The molecule has 4 nitrogen and oxygen atoms in total. The molecule has 21 heavy (non-hydrogen) atoms. The van der Waals surface area contributed by atoms with E-state index in [-0.39, 0.29) is 17.9 Å². The summed E-state index contributed by atoms with van der Waals surface area (Å²) in [6.07, 6.45) is 1.83. The van der Waals surface area contributed by atoms with Crippen molar-refractivity contribution in [2.75, 3.05) is 0 Å². The van der Waals surface area contributed by atoms with Crippen molar-refractivity contribution in [3.8, 4) is 0 Å². The van der Waals surface area contributed by atoms with Crippen LogP contribution in [0.25, 0.3) is 0 Å². The van der Waals surface area contributed by atoms with Crippen LogP contribution in [0.5, 0.6) is 0 Å². The van der Waals surface area contributed by atoms with Crippen molar-refractivity contribution >= 4 is 23.5 Å². The number of halogens is 1. The Bertz CT molecular complexity index is 556. The molecule has 0 aromatic heterocycles. The van der Waals surface area contributed by atoms with Gasteiger partial charge in [-0.2, -0.15) is 0 Å². The molecule has 0 spiro atoms. The number of nitrogens with one attached hydrogen (secondary N) is 1. The highest BCUT2D eigenvalue weighted by Gasteiger charge is 2.30. The maximum absolute atomic E-state index is 12.2. The highest BCUT2D eigenvalue weighted by Crippen LogP contribution is 2.27. The van der Waals surface area contributed by atoms with Gasteiger partial charge >= 0.3 is 5.97 Å². The zero-order valence-electron chi connectivity index (χ0n) is 12.2. The molecule has 0 unspecified atom stereocenters. The number of aliphatic carboxylic acids is 1. The number of carbonyl (C=O) groups is 2. The lowest BCUT2D eigenvalue weighted by Gasteiger charge is -2.14. The predicted octanol–water partition coefficient (Wildman–Crippen LogP) is 3.45. The van der Waals surface area contributed by atoms with Gasteiger partial charge in [0.25, 0.3) is 5.91 Å². The van der Waals surface area contributed by atoms with Gasteiger partial charge in [-0.3, -0.25) is 9.59 Å². The van der Waals surface area contributed by atoms with Crippen LogP contribution >= 0.6 is 11.6 Å². The molecule has 2 N–H and O–H groups in total. The van der Waals surface area contributed by atoms with Crippen LogP contribution in [-0.4, -0.2) is 23.0 Å². The number of hydrogen-bond acceptors (Lipinski definition) is 2. The highest BCUT2D eigenvalue weighted by atomic mass is 35.5. The fraction of sp³-hybridized carbons (Fsp3) is 0.500. The molecule has 0 heterocycles. The molecule has 1 amide bonds. The molecule has 5 heteroatoms. The molecular formula is C16H20ClNO3. The lowest BCUT2D eigenvalue weighted by atomic mass is 10.0. The summed E-state index contributed by atoms with van der Waals surface area (Å²) in [5.74, 6) is -1.01. The third kappa shape index (κ3) is 3.76. The first-order valence-electron chi connectivity index (χ1n) is 7.21. The maximum Gasteiger partial charge on any atom is 0.306 e. The molecule has 1 fully saturated rings. The standard InChI is InChI=1S/C16H20ClNO3/c1-9(2)13-6-4-10(8-14(13)17)15(19)18-12-5-3-11(7-12)16(20)21/h4,6,8-9,11-12H,3,5,7H2,1-2H3,(H,18,19)(H,20,21)/t11-,12+/m0/s1. The van der Waals surface area contributed by atoms with E-state index in [1.807, 2.05) is 19.9 Å². The number of amides is 1. The lowest BCUT2D eigenvalue weighted by Crippen LogP contribution is -2.33. The predicted molar refractivity (Wildman–Crippen MR) is 81.8 cm³/mol. The Hall–Kier alpha value is -1.55. The van der Waals surface area contributed by atoms with Crippen molar-refractivity contribution in [2.24, 2.45) is 5.92 Å². The van der Waals surface area contributed by atoms with Crippen LogP contribution in [0.4, 0.5) is 0 Å². The Labute approximate surface area is 129 Å². The molecule has 0 bridgehead atoms. The molecule has 2 rings (SSSR count). The maximum atomic E-state index is 12.2. The number of benzene rings is 1. The summed E-state index contributed by atoms with van der Waals surface area (Å²) < 4.78 is 0. The Morgan fingerprint density at radius 3 is 2.57 bits per heavy atom. The first kappa shape index (κ1) is 15.8. The van der Waals surface area contributed by atoms with E-state index in [1.54, 1.807) is 12.1 Å². The normalized spacial score (nSPS) is 21.5. The number of hydrogen-bond donors (Lipinski definition) is 2. The van der Waals surface area contributed by atoms with Crippen LogP contribution in [0.2, 0.25) is 5.02 Å². The second-order valence-electron chi connectivity index (χ2n) is 5.91. The van der Waals surface area contributed by atoms with Crippen LogP contribution in [0.1, 0.15) is 54.9 Å². The van der Waals surface area contributed by atoms with Crippen molar-refractivity contribution in [3.63, 3.8) is 0 Å². The van der Waals surface area contributed by atoms with Crippen LogP contribution < -0.4 is 5.32 Å². The minimum absolute atomic E-state index is 0.0675. The SMILES string of the molecule is CC(C)c1ccc(C(=O)N[C@@H]2CC[C@H](C(=O)O)C2)cc1Cl. The summed E-state index contributed by atoms with van der Waals surface area (Å²) in [6.45, 7) is 4.09. The minimum Gasteiger partial charge on any atom is -0.481 e. The minimum atomic E-state index is -0.781. The third-order valence-electron chi connectivity index (χ3n) is 4.00. The fourth-order valence-corrected chi connectivity index (χ4v) is 3.14.